The van der Waals surface area contributed by atoms with Crippen molar-refractivity contribution in [2.24, 2.45) is 0 Å². The summed E-state index contributed by atoms with van der Waals surface area (Å²) in [5.74, 6) is 0.770. The third kappa shape index (κ3) is 3.87. The lowest BCUT2D eigenvalue weighted by Crippen LogP contribution is -2.14. The molecule has 5 heteroatoms. The first-order valence-corrected chi connectivity index (χ1v) is 9.15. The van der Waals surface area contributed by atoms with E-state index < -0.39 is 0 Å². The van der Waals surface area contributed by atoms with Gasteiger partial charge in [-0.15, -0.1) is 22.7 Å². The van der Waals surface area contributed by atoms with Gasteiger partial charge in [0.05, 0.1) is 10.0 Å². The molecule has 2 aromatic rings. The van der Waals surface area contributed by atoms with Gasteiger partial charge in [-0.3, -0.25) is 0 Å². The molecular formula is C15H21N3S2. The zero-order valence-electron chi connectivity index (χ0n) is 11.7. The minimum Gasteiger partial charge on any atom is -0.312 e. The van der Waals surface area contributed by atoms with Gasteiger partial charge in [0.2, 0.25) is 0 Å². The summed E-state index contributed by atoms with van der Waals surface area (Å²) < 4.78 is 0. The molecule has 0 unspecified atom stereocenters. The Bertz CT molecular complexity index is 503. The van der Waals surface area contributed by atoms with Crippen LogP contribution in [0.2, 0.25) is 0 Å². The third-order valence-electron chi connectivity index (χ3n) is 3.80. The van der Waals surface area contributed by atoms with E-state index in [-0.39, 0.29) is 0 Å². The van der Waals surface area contributed by atoms with Gasteiger partial charge in [0.1, 0.15) is 0 Å². The molecule has 0 radical (unpaired) electrons. The van der Waals surface area contributed by atoms with E-state index in [1.807, 2.05) is 17.5 Å². The largest absolute Gasteiger partial charge is 0.312 e. The molecule has 1 N–H and O–H groups in total. The van der Waals surface area contributed by atoms with Crippen LogP contribution in [0, 0.1) is 0 Å². The van der Waals surface area contributed by atoms with Crippen molar-refractivity contribution >= 4 is 22.7 Å². The second-order valence-corrected chi connectivity index (χ2v) is 7.48. The SMILES string of the molecule is c1csc(CCCCNCc2cnc(C3CCC3)s2)n1. The van der Waals surface area contributed by atoms with Gasteiger partial charge in [0.25, 0.3) is 0 Å². The Balaban J connectivity index is 1.28. The fourth-order valence-electron chi connectivity index (χ4n) is 2.36. The third-order valence-corrected chi connectivity index (χ3v) is 5.80. The van der Waals surface area contributed by atoms with Crippen LogP contribution in [-0.4, -0.2) is 16.5 Å². The predicted octanol–water partition coefficient (Wildman–Crippen LogP) is 3.98. The van der Waals surface area contributed by atoms with Crippen molar-refractivity contribution in [3.05, 3.63) is 32.7 Å². The van der Waals surface area contributed by atoms with E-state index >= 15 is 0 Å². The molecule has 1 saturated carbocycles. The first kappa shape index (κ1) is 14.2. The summed E-state index contributed by atoms with van der Waals surface area (Å²) in [6.07, 6.45) is 11.6. The molecule has 1 fully saturated rings. The lowest BCUT2D eigenvalue weighted by molar-refractivity contribution is 0.418. The summed E-state index contributed by atoms with van der Waals surface area (Å²) in [6.45, 7) is 2.06. The molecular weight excluding hydrogens is 286 g/mol. The average molecular weight is 307 g/mol. The fourth-order valence-corrected chi connectivity index (χ4v) is 4.08. The monoisotopic (exact) mass is 307 g/mol. The Hall–Kier alpha value is -0.780. The molecule has 2 heterocycles. The molecule has 2 aromatic heterocycles. The number of rotatable bonds is 8. The van der Waals surface area contributed by atoms with E-state index in [1.54, 1.807) is 11.3 Å². The van der Waals surface area contributed by atoms with E-state index in [4.69, 9.17) is 0 Å². The van der Waals surface area contributed by atoms with Crippen LogP contribution in [0.5, 0.6) is 0 Å². The van der Waals surface area contributed by atoms with Crippen molar-refractivity contribution in [1.82, 2.24) is 15.3 Å². The summed E-state index contributed by atoms with van der Waals surface area (Å²) in [5.41, 5.74) is 0. The van der Waals surface area contributed by atoms with E-state index in [2.05, 4.69) is 26.9 Å². The second-order valence-electron chi connectivity index (χ2n) is 5.35. The Morgan fingerprint density at radius 3 is 2.95 bits per heavy atom. The maximum atomic E-state index is 4.56. The highest BCUT2D eigenvalue weighted by molar-refractivity contribution is 7.11. The lowest BCUT2D eigenvalue weighted by Gasteiger charge is -2.22. The topological polar surface area (TPSA) is 37.8 Å². The van der Waals surface area contributed by atoms with Crippen molar-refractivity contribution in [1.29, 1.82) is 0 Å². The first-order valence-electron chi connectivity index (χ1n) is 7.45. The number of nitrogens with zero attached hydrogens (tertiary/aromatic N) is 2. The molecule has 3 nitrogen and oxygen atoms in total. The number of hydrogen-bond acceptors (Lipinski definition) is 5. The Kier molecular flexibility index (Phi) is 5.17. The average Bonchev–Trinajstić information content (AvgIpc) is 3.03. The molecule has 0 saturated heterocycles. The zero-order chi connectivity index (χ0) is 13.6. The Morgan fingerprint density at radius 2 is 2.20 bits per heavy atom. The lowest BCUT2D eigenvalue weighted by atomic mass is 9.86. The molecule has 0 aliphatic heterocycles. The van der Waals surface area contributed by atoms with Crippen LogP contribution in [0.15, 0.2) is 17.8 Å². The van der Waals surface area contributed by atoms with E-state index in [1.165, 1.54) is 47.0 Å². The molecule has 3 rings (SSSR count). The van der Waals surface area contributed by atoms with Crippen LogP contribution in [0.1, 0.15) is 52.9 Å². The van der Waals surface area contributed by atoms with Crippen molar-refractivity contribution in [3.8, 4) is 0 Å². The fraction of sp³-hybridized carbons (Fsp3) is 0.600. The van der Waals surface area contributed by atoms with E-state index in [0.29, 0.717) is 0 Å². The highest BCUT2D eigenvalue weighted by atomic mass is 32.1. The number of hydrogen-bond donors (Lipinski definition) is 1. The maximum Gasteiger partial charge on any atom is 0.0959 e. The molecule has 1 aliphatic rings. The van der Waals surface area contributed by atoms with Crippen molar-refractivity contribution < 1.29 is 0 Å². The van der Waals surface area contributed by atoms with Gasteiger partial charge < -0.3 is 5.32 Å². The quantitative estimate of drug-likeness (QED) is 0.750. The minimum absolute atomic E-state index is 0.770. The van der Waals surface area contributed by atoms with Crippen LogP contribution in [-0.2, 0) is 13.0 Å². The number of aromatic nitrogens is 2. The van der Waals surface area contributed by atoms with Crippen LogP contribution in [0.4, 0.5) is 0 Å². The molecule has 1 aliphatic carbocycles. The minimum atomic E-state index is 0.770. The summed E-state index contributed by atoms with van der Waals surface area (Å²) >= 11 is 3.66. The maximum absolute atomic E-state index is 4.56. The van der Waals surface area contributed by atoms with Gasteiger partial charge >= 0.3 is 0 Å². The highest BCUT2D eigenvalue weighted by Gasteiger charge is 2.22. The molecule has 20 heavy (non-hydrogen) atoms. The second kappa shape index (κ2) is 7.29. The van der Waals surface area contributed by atoms with Gasteiger partial charge in [-0.1, -0.05) is 6.42 Å². The van der Waals surface area contributed by atoms with Gasteiger partial charge in [-0.2, -0.15) is 0 Å². The van der Waals surface area contributed by atoms with Gasteiger partial charge in [-0.05, 0) is 38.6 Å². The number of aryl methyl sites for hydroxylation is 1. The van der Waals surface area contributed by atoms with Crippen LogP contribution in [0.25, 0.3) is 0 Å². The molecule has 0 aromatic carbocycles. The molecule has 108 valence electrons. The molecule has 0 spiro atoms. The molecule has 0 atom stereocenters. The van der Waals surface area contributed by atoms with Crippen molar-refractivity contribution in [2.75, 3.05) is 6.54 Å². The van der Waals surface area contributed by atoms with Crippen LogP contribution in [0.3, 0.4) is 0 Å². The van der Waals surface area contributed by atoms with Crippen molar-refractivity contribution in [3.63, 3.8) is 0 Å². The van der Waals surface area contributed by atoms with Crippen LogP contribution < -0.4 is 5.32 Å². The smallest absolute Gasteiger partial charge is 0.0959 e. The van der Waals surface area contributed by atoms with Crippen LogP contribution >= 0.6 is 22.7 Å². The molecule has 0 bridgehead atoms. The summed E-state index contributed by atoms with van der Waals surface area (Å²) in [5, 5.41) is 8.20. The number of unbranched alkanes of at least 4 members (excludes halogenated alkanes) is 1. The van der Waals surface area contributed by atoms with Crippen molar-refractivity contribution in [2.45, 2.75) is 51.0 Å². The molecule has 0 amide bonds. The Labute approximate surface area is 128 Å². The van der Waals surface area contributed by atoms with E-state index in [0.717, 1.165) is 25.4 Å². The van der Waals surface area contributed by atoms with E-state index in [9.17, 15) is 0 Å². The van der Waals surface area contributed by atoms with Gasteiger partial charge in [-0.25, -0.2) is 9.97 Å². The normalized spacial score (nSPS) is 15.4. The summed E-state index contributed by atoms with van der Waals surface area (Å²) in [6, 6.07) is 0. The van der Waals surface area contributed by atoms with Gasteiger partial charge in [0, 0.05) is 35.1 Å². The number of nitrogens with one attached hydrogen (secondary N) is 1. The summed E-state index contributed by atoms with van der Waals surface area (Å²) in [7, 11) is 0. The highest BCUT2D eigenvalue weighted by Crippen LogP contribution is 2.38. The zero-order valence-corrected chi connectivity index (χ0v) is 13.3. The standard InChI is InChI=1S/C15H21N3S2/c1(6-14-17-8-9-19-14)2-7-16-10-13-11-18-15(20-13)12-4-3-5-12/h8-9,11-12,16H,1-7,10H2. The predicted molar refractivity (Wildman–Crippen MR) is 85.5 cm³/mol. The Morgan fingerprint density at radius 1 is 1.25 bits per heavy atom. The number of thiazole rings is 2. The summed E-state index contributed by atoms with van der Waals surface area (Å²) in [4.78, 5) is 10.2. The van der Waals surface area contributed by atoms with Gasteiger partial charge in [0.15, 0.2) is 0 Å². The first-order chi connectivity index (χ1) is 9.92.